The van der Waals surface area contributed by atoms with Crippen LogP contribution in [-0.4, -0.2) is 78.4 Å². The largest absolute Gasteiger partial charge is 0.390 e. The molecule has 2 atom stereocenters. The first-order valence-electron chi connectivity index (χ1n) is 5.84. The highest BCUT2D eigenvalue weighted by atomic mass is 32.2. The van der Waals surface area contributed by atoms with Crippen LogP contribution in [0.4, 0.5) is 0 Å². The Hall–Kier alpha value is -1.15. The van der Waals surface area contributed by atoms with Gasteiger partial charge in [-0.05, 0) is 6.92 Å². The number of likely N-dealkylation sites (N-methyl/N-ethyl adjacent to an activating group) is 1. The predicted octanol–water partition coefficient (Wildman–Crippen LogP) is -2.16. The van der Waals surface area contributed by atoms with E-state index in [2.05, 4.69) is 0 Å². The van der Waals surface area contributed by atoms with Crippen LogP contribution >= 0.6 is 0 Å². The zero-order valence-electron chi connectivity index (χ0n) is 10.1. The molecule has 8 heteroatoms. The van der Waals surface area contributed by atoms with Gasteiger partial charge in [0.2, 0.25) is 0 Å². The summed E-state index contributed by atoms with van der Waals surface area (Å²) in [6.45, 7) is 2.87. The molecule has 2 fully saturated rings. The zero-order chi connectivity index (χ0) is 13.5. The van der Waals surface area contributed by atoms with Crippen molar-refractivity contribution in [3.05, 3.63) is 0 Å². The summed E-state index contributed by atoms with van der Waals surface area (Å²) in [5.74, 6) is -1.95. The average molecular weight is 276 g/mol. The maximum absolute atomic E-state index is 11.9. The van der Waals surface area contributed by atoms with Crippen LogP contribution in [0.1, 0.15) is 6.92 Å². The lowest BCUT2D eigenvalue weighted by Gasteiger charge is -2.37. The molecule has 2 amide bonds. The van der Waals surface area contributed by atoms with E-state index in [1.165, 1.54) is 9.80 Å². The smallest absolute Gasteiger partial charge is 0.312 e. The average Bonchev–Trinajstić information content (AvgIpc) is 2.56. The maximum atomic E-state index is 11.9. The molecule has 2 aliphatic heterocycles. The molecular formula is C10H16N2O5S. The van der Waals surface area contributed by atoms with Crippen molar-refractivity contribution < 1.29 is 23.1 Å². The molecule has 0 aromatic rings. The van der Waals surface area contributed by atoms with Crippen molar-refractivity contribution in [3.8, 4) is 0 Å². The Morgan fingerprint density at radius 3 is 2.39 bits per heavy atom. The van der Waals surface area contributed by atoms with Gasteiger partial charge in [-0.2, -0.15) is 0 Å². The van der Waals surface area contributed by atoms with Gasteiger partial charge in [0, 0.05) is 19.6 Å². The Kier molecular flexibility index (Phi) is 3.33. The number of hydrogen-bond acceptors (Lipinski definition) is 5. The second kappa shape index (κ2) is 4.51. The van der Waals surface area contributed by atoms with Gasteiger partial charge < -0.3 is 14.9 Å². The highest BCUT2D eigenvalue weighted by Crippen LogP contribution is 2.20. The first-order valence-corrected chi connectivity index (χ1v) is 7.66. The summed E-state index contributed by atoms with van der Waals surface area (Å²) in [4.78, 5) is 26.2. The van der Waals surface area contributed by atoms with Crippen LogP contribution < -0.4 is 0 Å². The van der Waals surface area contributed by atoms with Crippen molar-refractivity contribution in [1.29, 1.82) is 0 Å². The van der Waals surface area contributed by atoms with E-state index >= 15 is 0 Å². The zero-order valence-corrected chi connectivity index (χ0v) is 10.9. The van der Waals surface area contributed by atoms with Crippen molar-refractivity contribution >= 4 is 21.7 Å². The van der Waals surface area contributed by atoms with Crippen LogP contribution in [0, 0.1) is 0 Å². The number of piperazine rings is 1. The van der Waals surface area contributed by atoms with E-state index in [1.807, 2.05) is 0 Å². The van der Waals surface area contributed by atoms with Gasteiger partial charge in [0.05, 0.1) is 23.7 Å². The third kappa shape index (κ3) is 2.22. The minimum atomic E-state index is -3.32. The lowest BCUT2D eigenvalue weighted by Crippen LogP contribution is -2.59. The monoisotopic (exact) mass is 276 g/mol. The molecule has 2 unspecified atom stereocenters. The van der Waals surface area contributed by atoms with Gasteiger partial charge in [-0.3, -0.25) is 9.59 Å². The molecule has 0 aromatic heterocycles. The summed E-state index contributed by atoms with van der Waals surface area (Å²) in [7, 11) is -3.32. The number of amides is 2. The fourth-order valence-corrected chi connectivity index (χ4v) is 4.22. The molecule has 18 heavy (non-hydrogen) atoms. The van der Waals surface area contributed by atoms with Crippen LogP contribution in [0.15, 0.2) is 0 Å². The van der Waals surface area contributed by atoms with Crippen LogP contribution in [0.25, 0.3) is 0 Å². The van der Waals surface area contributed by atoms with Gasteiger partial charge in [0.15, 0.2) is 9.84 Å². The molecular weight excluding hydrogens is 260 g/mol. The van der Waals surface area contributed by atoms with Crippen LogP contribution in [-0.2, 0) is 19.4 Å². The van der Waals surface area contributed by atoms with Gasteiger partial charge in [-0.25, -0.2) is 8.42 Å². The Balaban J connectivity index is 2.16. The highest BCUT2D eigenvalue weighted by molar-refractivity contribution is 7.91. The molecule has 1 N–H and O–H groups in total. The fourth-order valence-electron chi connectivity index (χ4n) is 2.42. The summed E-state index contributed by atoms with van der Waals surface area (Å²) in [5.41, 5.74) is 0. The molecule has 7 nitrogen and oxygen atoms in total. The van der Waals surface area contributed by atoms with Crippen molar-refractivity contribution in [2.75, 3.05) is 31.1 Å². The van der Waals surface area contributed by atoms with Crippen molar-refractivity contribution in [1.82, 2.24) is 9.80 Å². The van der Waals surface area contributed by atoms with E-state index in [9.17, 15) is 23.1 Å². The molecule has 0 aliphatic carbocycles. The predicted molar refractivity (Wildman–Crippen MR) is 62.4 cm³/mol. The van der Waals surface area contributed by atoms with Gasteiger partial charge in [-0.15, -0.1) is 0 Å². The van der Waals surface area contributed by atoms with E-state index in [1.54, 1.807) is 6.92 Å². The van der Waals surface area contributed by atoms with E-state index < -0.39 is 33.8 Å². The summed E-state index contributed by atoms with van der Waals surface area (Å²) >= 11 is 0. The second-order valence-corrected chi connectivity index (χ2v) is 6.75. The number of sulfone groups is 1. The topological polar surface area (TPSA) is 95.0 Å². The molecule has 0 aromatic carbocycles. The second-order valence-electron chi connectivity index (χ2n) is 4.59. The molecule has 2 heterocycles. The highest BCUT2D eigenvalue weighted by Gasteiger charge is 2.45. The van der Waals surface area contributed by atoms with E-state index in [4.69, 9.17) is 0 Å². The first-order chi connectivity index (χ1) is 8.35. The molecule has 0 radical (unpaired) electrons. The van der Waals surface area contributed by atoms with Crippen LogP contribution in [0.3, 0.4) is 0 Å². The van der Waals surface area contributed by atoms with Gasteiger partial charge in [0.1, 0.15) is 0 Å². The molecule has 102 valence electrons. The molecule has 0 spiro atoms. The third-order valence-corrected chi connectivity index (χ3v) is 5.12. The Labute approximate surface area is 105 Å². The minimum Gasteiger partial charge on any atom is -0.390 e. The fraction of sp³-hybridized carbons (Fsp3) is 0.800. The van der Waals surface area contributed by atoms with Gasteiger partial charge in [0.25, 0.3) is 0 Å². The lowest BCUT2D eigenvalue weighted by atomic mass is 10.1. The number of aliphatic hydroxyl groups excluding tert-OH is 1. The van der Waals surface area contributed by atoms with Crippen LogP contribution in [0.5, 0.6) is 0 Å². The SMILES string of the molecule is CCN1CCN(C2CS(=O)(=O)CC2O)C(=O)C1=O. The van der Waals surface area contributed by atoms with Gasteiger partial charge in [-0.1, -0.05) is 0 Å². The summed E-state index contributed by atoms with van der Waals surface area (Å²) in [6.07, 6.45) is -1.10. The number of carbonyl (C=O) groups excluding carboxylic acids is 2. The first kappa shape index (κ1) is 13.3. The molecule has 0 bridgehead atoms. The van der Waals surface area contributed by atoms with E-state index in [-0.39, 0.29) is 18.1 Å². The number of carbonyl (C=O) groups is 2. The number of nitrogens with zero attached hydrogens (tertiary/aromatic N) is 2. The van der Waals surface area contributed by atoms with Crippen molar-refractivity contribution in [2.24, 2.45) is 0 Å². The van der Waals surface area contributed by atoms with Crippen molar-refractivity contribution in [2.45, 2.75) is 19.1 Å². The van der Waals surface area contributed by atoms with E-state index in [0.717, 1.165) is 0 Å². The quantitative estimate of drug-likeness (QED) is 0.579. The standard InChI is InChI=1S/C10H16N2O5S/c1-2-11-3-4-12(10(15)9(11)14)7-5-18(16,17)6-8(7)13/h7-8,13H,2-6H2,1H3. The number of hydrogen-bond donors (Lipinski definition) is 1. The Morgan fingerprint density at radius 2 is 1.89 bits per heavy atom. The number of aliphatic hydroxyl groups is 1. The minimum absolute atomic E-state index is 0.265. The Bertz CT molecular complexity index is 475. The molecule has 2 rings (SSSR count). The number of rotatable bonds is 2. The Morgan fingerprint density at radius 1 is 1.22 bits per heavy atom. The summed E-state index contributed by atoms with van der Waals surface area (Å²) < 4.78 is 22.8. The maximum Gasteiger partial charge on any atom is 0.312 e. The molecule has 2 aliphatic rings. The molecule has 0 saturated carbocycles. The van der Waals surface area contributed by atoms with Crippen molar-refractivity contribution in [3.63, 3.8) is 0 Å². The van der Waals surface area contributed by atoms with Gasteiger partial charge >= 0.3 is 11.8 Å². The lowest BCUT2D eigenvalue weighted by molar-refractivity contribution is -0.158. The summed E-state index contributed by atoms with van der Waals surface area (Å²) in [5, 5.41) is 9.71. The van der Waals surface area contributed by atoms with Crippen LogP contribution in [0.2, 0.25) is 0 Å². The summed E-state index contributed by atoms with van der Waals surface area (Å²) in [6, 6.07) is -0.787. The third-order valence-electron chi connectivity index (χ3n) is 3.42. The molecule has 2 saturated heterocycles. The normalized spacial score (nSPS) is 32.1. The van der Waals surface area contributed by atoms with E-state index in [0.29, 0.717) is 13.1 Å².